The van der Waals surface area contributed by atoms with E-state index in [0.717, 1.165) is 30.5 Å². The van der Waals surface area contributed by atoms with Crippen LogP contribution in [-0.2, 0) is 6.18 Å². The Bertz CT molecular complexity index is 388. The molecule has 0 atom stereocenters. The van der Waals surface area contributed by atoms with E-state index in [1.807, 2.05) is 12.2 Å². The van der Waals surface area contributed by atoms with Crippen LogP contribution in [0.3, 0.4) is 0 Å². The molecule has 0 aliphatic rings. The standard InChI is InChI=1S/C17H23F3/c1-2-3-4-5-6-7-8-9-10-15-11-13-16(14-12-15)17(18,19)20/h9-14H,2-8H2,1H3/b10-9+. The van der Waals surface area contributed by atoms with Crippen molar-refractivity contribution in [2.24, 2.45) is 0 Å². The third kappa shape index (κ3) is 6.78. The molecule has 0 bridgehead atoms. The summed E-state index contributed by atoms with van der Waals surface area (Å²) in [6.07, 6.45) is 8.22. The lowest BCUT2D eigenvalue weighted by atomic mass is 10.1. The van der Waals surface area contributed by atoms with Crippen LogP contribution in [0.15, 0.2) is 30.3 Å². The van der Waals surface area contributed by atoms with Crippen molar-refractivity contribution in [3.8, 4) is 0 Å². The molecule has 0 nitrogen and oxygen atoms in total. The number of alkyl halides is 3. The molecular formula is C17H23F3. The van der Waals surface area contributed by atoms with Crippen LogP contribution in [0.1, 0.15) is 63.0 Å². The summed E-state index contributed by atoms with van der Waals surface area (Å²) in [5.74, 6) is 0. The van der Waals surface area contributed by atoms with Gasteiger partial charge in [-0.15, -0.1) is 0 Å². The molecule has 0 saturated heterocycles. The Morgan fingerprint density at radius 2 is 1.50 bits per heavy atom. The van der Waals surface area contributed by atoms with E-state index < -0.39 is 11.7 Å². The van der Waals surface area contributed by atoms with Crippen LogP contribution in [0, 0.1) is 0 Å². The van der Waals surface area contributed by atoms with E-state index in [0.29, 0.717) is 0 Å². The number of hydrogen-bond donors (Lipinski definition) is 0. The Labute approximate surface area is 119 Å². The molecule has 0 aliphatic heterocycles. The first-order valence-electron chi connectivity index (χ1n) is 7.38. The van der Waals surface area contributed by atoms with E-state index in [4.69, 9.17) is 0 Å². The molecule has 3 heteroatoms. The van der Waals surface area contributed by atoms with Crippen LogP contribution < -0.4 is 0 Å². The SMILES string of the molecule is CCCCCCCC/C=C/c1ccc(C(F)(F)F)cc1. The fourth-order valence-electron chi connectivity index (χ4n) is 2.05. The third-order valence-corrected chi connectivity index (χ3v) is 3.27. The molecule has 0 radical (unpaired) electrons. The van der Waals surface area contributed by atoms with E-state index in [9.17, 15) is 13.2 Å². The average Bonchev–Trinajstić information content (AvgIpc) is 2.41. The van der Waals surface area contributed by atoms with Crippen molar-refractivity contribution in [2.45, 2.75) is 58.0 Å². The summed E-state index contributed by atoms with van der Waals surface area (Å²) < 4.78 is 37.1. The first-order chi connectivity index (χ1) is 9.54. The molecule has 0 unspecified atom stereocenters. The predicted octanol–water partition coefficient (Wildman–Crippen LogP) is 6.47. The van der Waals surface area contributed by atoms with Gasteiger partial charge in [0.05, 0.1) is 5.56 Å². The van der Waals surface area contributed by atoms with Crippen molar-refractivity contribution in [1.29, 1.82) is 0 Å². The lowest BCUT2D eigenvalue weighted by Gasteiger charge is -2.05. The summed E-state index contributed by atoms with van der Waals surface area (Å²) in [4.78, 5) is 0. The van der Waals surface area contributed by atoms with E-state index >= 15 is 0 Å². The van der Waals surface area contributed by atoms with Gasteiger partial charge < -0.3 is 0 Å². The first-order valence-corrected chi connectivity index (χ1v) is 7.38. The quantitative estimate of drug-likeness (QED) is 0.480. The zero-order valence-corrected chi connectivity index (χ0v) is 12.0. The van der Waals surface area contributed by atoms with Crippen molar-refractivity contribution in [1.82, 2.24) is 0 Å². The number of benzene rings is 1. The lowest BCUT2D eigenvalue weighted by Crippen LogP contribution is -2.03. The summed E-state index contributed by atoms with van der Waals surface area (Å²) >= 11 is 0. The summed E-state index contributed by atoms with van der Waals surface area (Å²) in [7, 11) is 0. The average molecular weight is 284 g/mol. The first kappa shape index (κ1) is 16.8. The molecule has 0 amide bonds. The van der Waals surface area contributed by atoms with Gasteiger partial charge in [-0.3, -0.25) is 0 Å². The van der Waals surface area contributed by atoms with Gasteiger partial charge >= 0.3 is 6.18 Å². The van der Waals surface area contributed by atoms with Crippen LogP contribution in [0.5, 0.6) is 0 Å². The molecule has 0 spiro atoms. The fourth-order valence-corrected chi connectivity index (χ4v) is 2.05. The molecule has 0 aliphatic carbocycles. The van der Waals surface area contributed by atoms with Crippen LogP contribution in [0.25, 0.3) is 6.08 Å². The summed E-state index contributed by atoms with van der Waals surface area (Å²) in [6, 6.07) is 5.29. The zero-order chi connectivity index (χ0) is 14.8. The summed E-state index contributed by atoms with van der Waals surface area (Å²) in [5.41, 5.74) is 0.231. The van der Waals surface area contributed by atoms with Crippen molar-refractivity contribution >= 4 is 6.08 Å². The Balaban J connectivity index is 2.25. The topological polar surface area (TPSA) is 0 Å². The molecule has 20 heavy (non-hydrogen) atoms. The normalized spacial score (nSPS) is 12.2. The van der Waals surface area contributed by atoms with Gasteiger partial charge in [0.1, 0.15) is 0 Å². The molecular weight excluding hydrogens is 261 g/mol. The maximum absolute atomic E-state index is 12.4. The van der Waals surface area contributed by atoms with Crippen LogP contribution >= 0.6 is 0 Å². The van der Waals surface area contributed by atoms with Gasteiger partial charge in [0.2, 0.25) is 0 Å². The van der Waals surface area contributed by atoms with Crippen molar-refractivity contribution in [3.05, 3.63) is 41.5 Å². The van der Waals surface area contributed by atoms with E-state index in [1.54, 1.807) is 0 Å². The van der Waals surface area contributed by atoms with Crippen molar-refractivity contribution in [3.63, 3.8) is 0 Å². The number of allylic oxidation sites excluding steroid dienone is 1. The minimum absolute atomic E-state index is 0.592. The Morgan fingerprint density at radius 3 is 2.10 bits per heavy atom. The van der Waals surface area contributed by atoms with Gasteiger partial charge in [0.25, 0.3) is 0 Å². The predicted molar refractivity (Wildman–Crippen MR) is 78.5 cm³/mol. The van der Waals surface area contributed by atoms with Gasteiger partial charge in [-0.2, -0.15) is 13.2 Å². The molecule has 1 aromatic rings. The highest BCUT2D eigenvalue weighted by Gasteiger charge is 2.29. The molecule has 0 fully saturated rings. The van der Waals surface area contributed by atoms with Crippen LogP contribution in [-0.4, -0.2) is 0 Å². The second-order valence-electron chi connectivity index (χ2n) is 5.08. The Kier molecular flexibility index (Phi) is 7.42. The van der Waals surface area contributed by atoms with Crippen molar-refractivity contribution in [2.75, 3.05) is 0 Å². The van der Waals surface area contributed by atoms with Crippen LogP contribution in [0.4, 0.5) is 13.2 Å². The minimum Gasteiger partial charge on any atom is -0.166 e. The second-order valence-corrected chi connectivity index (χ2v) is 5.08. The van der Waals surface area contributed by atoms with Gasteiger partial charge in [0.15, 0.2) is 0 Å². The molecule has 0 N–H and O–H groups in total. The fraction of sp³-hybridized carbons (Fsp3) is 0.529. The van der Waals surface area contributed by atoms with E-state index in [-0.39, 0.29) is 0 Å². The maximum atomic E-state index is 12.4. The molecule has 0 aromatic heterocycles. The van der Waals surface area contributed by atoms with Gasteiger partial charge in [0, 0.05) is 0 Å². The van der Waals surface area contributed by atoms with Gasteiger partial charge in [-0.05, 0) is 30.5 Å². The summed E-state index contributed by atoms with van der Waals surface area (Å²) in [5, 5.41) is 0. The smallest absolute Gasteiger partial charge is 0.166 e. The van der Waals surface area contributed by atoms with E-state index in [2.05, 4.69) is 6.92 Å². The number of unbranched alkanes of at least 4 members (excludes halogenated alkanes) is 6. The highest BCUT2D eigenvalue weighted by atomic mass is 19.4. The minimum atomic E-state index is -4.25. The Morgan fingerprint density at radius 1 is 0.900 bits per heavy atom. The monoisotopic (exact) mass is 284 g/mol. The molecule has 112 valence electrons. The number of rotatable bonds is 8. The maximum Gasteiger partial charge on any atom is 0.416 e. The number of hydrogen-bond acceptors (Lipinski definition) is 0. The highest BCUT2D eigenvalue weighted by molar-refractivity contribution is 5.49. The van der Waals surface area contributed by atoms with E-state index in [1.165, 1.54) is 44.2 Å². The zero-order valence-electron chi connectivity index (χ0n) is 12.0. The molecule has 1 aromatic carbocycles. The molecule has 1 rings (SSSR count). The second kappa shape index (κ2) is 8.83. The van der Waals surface area contributed by atoms with Gasteiger partial charge in [-0.1, -0.05) is 63.3 Å². The Hall–Kier alpha value is -1.25. The van der Waals surface area contributed by atoms with Crippen LogP contribution in [0.2, 0.25) is 0 Å². The highest BCUT2D eigenvalue weighted by Crippen LogP contribution is 2.29. The summed E-state index contributed by atoms with van der Waals surface area (Å²) in [6.45, 7) is 2.20. The lowest BCUT2D eigenvalue weighted by molar-refractivity contribution is -0.137. The third-order valence-electron chi connectivity index (χ3n) is 3.27. The van der Waals surface area contributed by atoms with Crippen molar-refractivity contribution < 1.29 is 13.2 Å². The molecule has 0 saturated carbocycles. The largest absolute Gasteiger partial charge is 0.416 e. The number of halogens is 3. The molecule has 0 heterocycles. The van der Waals surface area contributed by atoms with Gasteiger partial charge in [-0.25, -0.2) is 0 Å².